The summed E-state index contributed by atoms with van der Waals surface area (Å²) in [6, 6.07) is -0.247. The molecule has 0 aromatic heterocycles. The Morgan fingerprint density at radius 1 is 1.06 bits per heavy atom. The SMILES string of the molecule is CC(C)N1C(C(C)C)(C(C)C)C(=O)NS1(=O)=O. The van der Waals surface area contributed by atoms with Crippen LogP contribution in [0.2, 0.25) is 0 Å². The Hall–Kier alpha value is -0.620. The molecular formula is C11H22N2O3S. The number of hydrogen-bond donors (Lipinski definition) is 1. The fourth-order valence-electron chi connectivity index (χ4n) is 2.95. The first-order valence-electron chi connectivity index (χ1n) is 5.95. The number of rotatable bonds is 3. The zero-order valence-corrected chi connectivity index (χ0v) is 12.1. The van der Waals surface area contributed by atoms with Gasteiger partial charge >= 0.3 is 10.2 Å². The molecule has 0 spiro atoms. The van der Waals surface area contributed by atoms with E-state index in [-0.39, 0.29) is 17.9 Å². The minimum atomic E-state index is -3.70. The van der Waals surface area contributed by atoms with Crippen molar-refractivity contribution in [3.63, 3.8) is 0 Å². The van der Waals surface area contributed by atoms with Crippen molar-refractivity contribution in [1.82, 2.24) is 9.03 Å². The molecule has 17 heavy (non-hydrogen) atoms. The number of nitrogens with zero attached hydrogens (tertiary/aromatic N) is 1. The number of amides is 1. The van der Waals surface area contributed by atoms with Crippen LogP contribution in [-0.2, 0) is 15.0 Å². The quantitative estimate of drug-likeness (QED) is 0.829. The maximum atomic E-state index is 12.2. The van der Waals surface area contributed by atoms with Crippen LogP contribution in [0.25, 0.3) is 0 Å². The van der Waals surface area contributed by atoms with Crippen molar-refractivity contribution in [2.75, 3.05) is 0 Å². The van der Waals surface area contributed by atoms with Gasteiger partial charge in [0.25, 0.3) is 5.91 Å². The van der Waals surface area contributed by atoms with Crippen LogP contribution >= 0.6 is 0 Å². The van der Waals surface area contributed by atoms with Crippen molar-refractivity contribution in [3.8, 4) is 0 Å². The van der Waals surface area contributed by atoms with E-state index in [1.54, 1.807) is 13.8 Å². The van der Waals surface area contributed by atoms with Crippen LogP contribution in [0, 0.1) is 11.8 Å². The third kappa shape index (κ3) is 1.87. The van der Waals surface area contributed by atoms with E-state index in [9.17, 15) is 13.2 Å². The predicted molar refractivity (Wildman–Crippen MR) is 66.4 cm³/mol. The minimum Gasteiger partial charge on any atom is -0.272 e. The summed E-state index contributed by atoms with van der Waals surface area (Å²) in [5.74, 6) is -0.569. The summed E-state index contributed by atoms with van der Waals surface area (Å²) in [7, 11) is -3.70. The Morgan fingerprint density at radius 2 is 1.47 bits per heavy atom. The summed E-state index contributed by atoms with van der Waals surface area (Å²) < 4.78 is 27.5. The molecule has 1 amide bonds. The van der Waals surface area contributed by atoms with E-state index in [1.807, 2.05) is 27.7 Å². The molecule has 1 saturated heterocycles. The van der Waals surface area contributed by atoms with Crippen molar-refractivity contribution in [2.24, 2.45) is 11.8 Å². The van der Waals surface area contributed by atoms with E-state index < -0.39 is 21.7 Å². The Balaban J connectivity index is 3.51. The van der Waals surface area contributed by atoms with Crippen LogP contribution < -0.4 is 4.72 Å². The van der Waals surface area contributed by atoms with Gasteiger partial charge in [0.2, 0.25) is 0 Å². The molecule has 5 nitrogen and oxygen atoms in total. The van der Waals surface area contributed by atoms with Gasteiger partial charge in [-0.2, -0.15) is 12.7 Å². The molecule has 1 fully saturated rings. The smallest absolute Gasteiger partial charge is 0.272 e. The minimum absolute atomic E-state index is 0.0813. The fourth-order valence-corrected chi connectivity index (χ4v) is 4.91. The van der Waals surface area contributed by atoms with Crippen molar-refractivity contribution in [1.29, 1.82) is 0 Å². The van der Waals surface area contributed by atoms with E-state index >= 15 is 0 Å². The van der Waals surface area contributed by atoms with Gasteiger partial charge < -0.3 is 0 Å². The molecule has 1 heterocycles. The number of carbonyl (C=O) groups excluding carboxylic acids is 1. The molecule has 0 aliphatic carbocycles. The second kappa shape index (κ2) is 4.24. The van der Waals surface area contributed by atoms with E-state index in [0.717, 1.165) is 0 Å². The maximum Gasteiger partial charge on any atom is 0.305 e. The largest absolute Gasteiger partial charge is 0.305 e. The summed E-state index contributed by atoms with van der Waals surface area (Å²) in [5, 5.41) is 0. The average molecular weight is 262 g/mol. The molecule has 1 N–H and O–H groups in total. The highest BCUT2D eigenvalue weighted by molar-refractivity contribution is 7.88. The lowest BCUT2D eigenvalue weighted by Crippen LogP contribution is -2.59. The highest BCUT2D eigenvalue weighted by Gasteiger charge is 2.60. The van der Waals surface area contributed by atoms with Crippen molar-refractivity contribution in [3.05, 3.63) is 0 Å². The molecule has 1 rings (SSSR count). The van der Waals surface area contributed by atoms with E-state index in [0.29, 0.717) is 0 Å². The molecular weight excluding hydrogens is 240 g/mol. The number of carbonyl (C=O) groups is 1. The highest BCUT2D eigenvalue weighted by Crippen LogP contribution is 2.40. The van der Waals surface area contributed by atoms with Gasteiger partial charge in [-0.05, 0) is 25.7 Å². The summed E-state index contributed by atoms with van der Waals surface area (Å²) >= 11 is 0. The van der Waals surface area contributed by atoms with Crippen LogP contribution in [0.15, 0.2) is 0 Å². The van der Waals surface area contributed by atoms with Crippen LogP contribution in [0.4, 0.5) is 0 Å². The molecule has 6 heteroatoms. The Kier molecular flexibility index (Phi) is 3.60. The lowest BCUT2D eigenvalue weighted by molar-refractivity contribution is -0.132. The molecule has 0 aromatic carbocycles. The topological polar surface area (TPSA) is 66.5 Å². The van der Waals surface area contributed by atoms with E-state index in [1.165, 1.54) is 4.31 Å². The maximum absolute atomic E-state index is 12.2. The van der Waals surface area contributed by atoms with E-state index in [2.05, 4.69) is 4.72 Å². The van der Waals surface area contributed by atoms with Gasteiger partial charge in [0.1, 0.15) is 5.54 Å². The lowest BCUT2D eigenvalue weighted by Gasteiger charge is -2.42. The van der Waals surface area contributed by atoms with Gasteiger partial charge in [0.05, 0.1) is 0 Å². The zero-order chi connectivity index (χ0) is 13.6. The fraction of sp³-hybridized carbons (Fsp3) is 0.909. The third-order valence-corrected chi connectivity index (χ3v) is 5.12. The first kappa shape index (κ1) is 14.4. The average Bonchev–Trinajstić information content (AvgIpc) is 2.31. The van der Waals surface area contributed by atoms with Crippen molar-refractivity contribution >= 4 is 16.1 Å². The Labute approximate surface area is 104 Å². The highest BCUT2D eigenvalue weighted by atomic mass is 32.2. The van der Waals surface area contributed by atoms with Crippen molar-refractivity contribution in [2.45, 2.75) is 53.1 Å². The zero-order valence-electron chi connectivity index (χ0n) is 11.3. The molecule has 0 aromatic rings. The lowest BCUT2D eigenvalue weighted by atomic mass is 9.75. The van der Waals surface area contributed by atoms with Gasteiger partial charge in [-0.1, -0.05) is 27.7 Å². The Bertz CT molecular complexity index is 404. The van der Waals surface area contributed by atoms with Crippen molar-refractivity contribution < 1.29 is 13.2 Å². The predicted octanol–water partition coefficient (Wildman–Crippen LogP) is 1.12. The second-order valence-electron chi connectivity index (χ2n) is 5.46. The molecule has 0 saturated carbocycles. The number of nitrogens with one attached hydrogen (secondary N) is 1. The van der Waals surface area contributed by atoms with Gasteiger partial charge in [-0.15, -0.1) is 0 Å². The Morgan fingerprint density at radius 3 is 1.71 bits per heavy atom. The standard InChI is InChI=1S/C11H22N2O3S/c1-7(2)11(8(3)4)10(14)12-17(15,16)13(11)9(5)6/h7-9H,1-6H3,(H,12,14). The van der Waals surface area contributed by atoms with Crippen LogP contribution in [0.1, 0.15) is 41.5 Å². The molecule has 1 aliphatic rings. The van der Waals surface area contributed by atoms with Gasteiger partial charge in [-0.3, -0.25) is 4.79 Å². The summed E-state index contributed by atoms with van der Waals surface area (Å²) in [4.78, 5) is 12.2. The summed E-state index contributed by atoms with van der Waals surface area (Å²) in [6.07, 6.45) is 0. The molecule has 0 radical (unpaired) electrons. The first-order chi connectivity index (χ1) is 7.58. The normalized spacial score (nSPS) is 23.7. The molecule has 0 atom stereocenters. The molecule has 1 aliphatic heterocycles. The second-order valence-corrected chi connectivity index (χ2v) is 7.01. The third-order valence-electron chi connectivity index (χ3n) is 3.44. The monoisotopic (exact) mass is 262 g/mol. The van der Waals surface area contributed by atoms with Crippen LogP contribution in [0.5, 0.6) is 0 Å². The van der Waals surface area contributed by atoms with E-state index in [4.69, 9.17) is 0 Å². The van der Waals surface area contributed by atoms with Crippen LogP contribution in [0.3, 0.4) is 0 Å². The van der Waals surface area contributed by atoms with Crippen LogP contribution in [-0.4, -0.2) is 30.2 Å². The molecule has 100 valence electrons. The van der Waals surface area contributed by atoms with Gasteiger partial charge in [0, 0.05) is 6.04 Å². The summed E-state index contributed by atoms with van der Waals surface area (Å²) in [5.41, 5.74) is -0.979. The van der Waals surface area contributed by atoms with Gasteiger partial charge in [0.15, 0.2) is 0 Å². The molecule has 0 unspecified atom stereocenters. The molecule has 0 bridgehead atoms. The number of hydrogen-bond acceptors (Lipinski definition) is 3. The van der Waals surface area contributed by atoms with Gasteiger partial charge in [-0.25, -0.2) is 4.72 Å². The summed E-state index contributed by atoms with van der Waals surface area (Å²) in [6.45, 7) is 11.1. The first-order valence-corrected chi connectivity index (χ1v) is 7.39.